The van der Waals surface area contributed by atoms with Gasteiger partial charge in [0.25, 0.3) is 10.2 Å². The van der Waals surface area contributed by atoms with Crippen LogP contribution in [0.5, 0.6) is 0 Å². The molecule has 0 aliphatic carbocycles. The molecule has 1 rings (SSSR count). The molecule has 1 atom stereocenters. The van der Waals surface area contributed by atoms with Gasteiger partial charge in [0.05, 0.1) is 12.1 Å². The second kappa shape index (κ2) is 8.39. The molecule has 6 nitrogen and oxygen atoms in total. The van der Waals surface area contributed by atoms with E-state index in [4.69, 9.17) is 4.74 Å². The Bertz CT molecular complexity index is 341. The number of hydrogen-bond donors (Lipinski definition) is 2. The molecule has 19 heavy (non-hydrogen) atoms. The SMILES string of the molecule is CCN(CC)S(=O)(=O)NCC1(COC)CCCN1.Cl. The maximum Gasteiger partial charge on any atom is 0.279 e. The summed E-state index contributed by atoms with van der Waals surface area (Å²) in [5, 5.41) is 3.35. The van der Waals surface area contributed by atoms with Crippen LogP contribution in [0.1, 0.15) is 26.7 Å². The summed E-state index contributed by atoms with van der Waals surface area (Å²) >= 11 is 0. The standard InChI is InChI=1S/C11H25N3O3S.ClH/c1-4-14(5-2)18(15,16)13-9-11(10-17-3)7-6-8-12-11;/h12-13H,4-10H2,1-3H3;1H. The van der Waals surface area contributed by atoms with E-state index in [0.29, 0.717) is 26.2 Å². The summed E-state index contributed by atoms with van der Waals surface area (Å²) in [7, 11) is -1.74. The van der Waals surface area contributed by atoms with Crippen LogP contribution in [0, 0.1) is 0 Å². The Labute approximate surface area is 122 Å². The average Bonchev–Trinajstić information content (AvgIpc) is 2.78. The van der Waals surface area contributed by atoms with Gasteiger partial charge in [-0.3, -0.25) is 0 Å². The van der Waals surface area contributed by atoms with Crippen LogP contribution in [0.3, 0.4) is 0 Å². The molecule has 2 N–H and O–H groups in total. The lowest BCUT2D eigenvalue weighted by molar-refractivity contribution is 0.122. The van der Waals surface area contributed by atoms with Gasteiger partial charge >= 0.3 is 0 Å². The van der Waals surface area contributed by atoms with Crippen molar-refractivity contribution < 1.29 is 13.2 Å². The number of ether oxygens (including phenoxy) is 1. The fourth-order valence-corrected chi connectivity index (χ4v) is 3.68. The fourth-order valence-electron chi connectivity index (χ4n) is 2.35. The van der Waals surface area contributed by atoms with E-state index in [9.17, 15) is 8.42 Å². The first-order valence-corrected chi connectivity index (χ1v) is 7.92. The number of nitrogens with zero attached hydrogens (tertiary/aromatic N) is 1. The van der Waals surface area contributed by atoms with Gasteiger partial charge in [0.15, 0.2) is 0 Å². The van der Waals surface area contributed by atoms with Gasteiger partial charge in [-0.25, -0.2) is 4.72 Å². The highest BCUT2D eigenvalue weighted by Crippen LogP contribution is 2.19. The highest BCUT2D eigenvalue weighted by atomic mass is 35.5. The predicted molar refractivity (Wildman–Crippen MR) is 78.9 cm³/mol. The van der Waals surface area contributed by atoms with Crippen molar-refractivity contribution >= 4 is 22.6 Å². The molecule has 1 heterocycles. The predicted octanol–water partition coefficient (Wildman–Crippen LogP) is 0.353. The molecule has 1 aliphatic rings. The van der Waals surface area contributed by atoms with E-state index in [1.165, 1.54) is 4.31 Å². The van der Waals surface area contributed by atoms with E-state index in [-0.39, 0.29) is 17.9 Å². The topological polar surface area (TPSA) is 70.7 Å². The first kappa shape index (κ1) is 19.1. The van der Waals surface area contributed by atoms with Crippen molar-refractivity contribution in [3.63, 3.8) is 0 Å². The zero-order valence-electron chi connectivity index (χ0n) is 11.9. The number of rotatable bonds is 8. The Balaban J connectivity index is 0.00000324. The third-order valence-corrected chi connectivity index (χ3v) is 5.10. The molecule has 1 saturated heterocycles. The first-order chi connectivity index (χ1) is 8.49. The van der Waals surface area contributed by atoms with Crippen LogP contribution in [-0.2, 0) is 14.9 Å². The average molecular weight is 316 g/mol. The van der Waals surface area contributed by atoms with Gasteiger partial charge in [-0.1, -0.05) is 13.8 Å². The van der Waals surface area contributed by atoms with Crippen molar-refractivity contribution in [3.05, 3.63) is 0 Å². The van der Waals surface area contributed by atoms with Crippen molar-refractivity contribution in [2.24, 2.45) is 0 Å². The Morgan fingerprint density at radius 2 is 2.00 bits per heavy atom. The molecular formula is C11H26ClN3O3S. The highest BCUT2D eigenvalue weighted by molar-refractivity contribution is 7.87. The van der Waals surface area contributed by atoms with Gasteiger partial charge in [0, 0.05) is 26.7 Å². The lowest BCUT2D eigenvalue weighted by atomic mass is 9.99. The summed E-state index contributed by atoms with van der Waals surface area (Å²) in [5.74, 6) is 0. The third kappa shape index (κ3) is 5.17. The maximum absolute atomic E-state index is 12.0. The molecule has 1 fully saturated rings. The van der Waals surface area contributed by atoms with Gasteiger partial charge in [-0.15, -0.1) is 12.4 Å². The smallest absolute Gasteiger partial charge is 0.279 e. The van der Waals surface area contributed by atoms with Crippen LogP contribution in [0.2, 0.25) is 0 Å². The minimum atomic E-state index is -3.38. The van der Waals surface area contributed by atoms with Gasteiger partial charge < -0.3 is 10.1 Å². The summed E-state index contributed by atoms with van der Waals surface area (Å²) in [4.78, 5) is 0. The molecule has 0 aromatic carbocycles. The number of nitrogens with one attached hydrogen (secondary N) is 2. The molecule has 0 aromatic rings. The van der Waals surface area contributed by atoms with Gasteiger partial charge in [-0.2, -0.15) is 12.7 Å². The van der Waals surface area contributed by atoms with Crippen LogP contribution in [-0.4, -0.2) is 58.2 Å². The summed E-state index contributed by atoms with van der Waals surface area (Å²) < 4.78 is 33.4. The minimum Gasteiger partial charge on any atom is -0.383 e. The number of hydrogen-bond acceptors (Lipinski definition) is 4. The van der Waals surface area contributed by atoms with Crippen LogP contribution in [0.4, 0.5) is 0 Å². The second-order valence-electron chi connectivity index (χ2n) is 4.65. The minimum absolute atomic E-state index is 0. The van der Waals surface area contributed by atoms with Crippen LogP contribution < -0.4 is 10.0 Å². The first-order valence-electron chi connectivity index (χ1n) is 6.48. The Kier molecular flexibility index (Phi) is 8.42. The molecule has 1 aliphatic heterocycles. The normalized spacial score (nSPS) is 23.6. The van der Waals surface area contributed by atoms with E-state index >= 15 is 0 Å². The highest BCUT2D eigenvalue weighted by Gasteiger charge is 2.35. The molecule has 0 bridgehead atoms. The van der Waals surface area contributed by atoms with Crippen LogP contribution >= 0.6 is 12.4 Å². The zero-order chi connectivity index (χ0) is 13.6. The lowest BCUT2D eigenvalue weighted by Crippen LogP contribution is -2.55. The van der Waals surface area contributed by atoms with E-state index in [0.717, 1.165) is 19.4 Å². The van der Waals surface area contributed by atoms with Crippen molar-refractivity contribution in [3.8, 4) is 0 Å². The molecule has 0 aromatic heterocycles. The second-order valence-corrected chi connectivity index (χ2v) is 6.41. The van der Waals surface area contributed by atoms with Crippen LogP contribution in [0.15, 0.2) is 0 Å². The van der Waals surface area contributed by atoms with Gasteiger partial charge in [0.2, 0.25) is 0 Å². The van der Waals surface area contributed by atoms with E-state index in [2.05, 4.69) is 10.0 Å². The summed E-state index contributed by atoms with van der Waals surface area (Å²) in [6.07, 6.45) is 1.98. The van der Waals surface area contributed by atoms with E-state index in [1.807, 2.05) is 13.8 Å². The monoisotopic (exact) mass is 315 g/mol. The van der Waals surface area contributed by atoms with Crippen molar-refractivity contribution in [2.45, 2.75) is 32.2 Å². The van der Waals surface area contributed by atoms with Crippen molar-refractivity contribution in [2.75, 3.05) is 39.9 Å². The van der Waals surface area contributed by atoms with Crippen molar-refractivity contribution in [1.29, 1.82) is 0 Å². The number of methoxy groups -OCH3 is 1. The van der Waals surface area contributed by atoms with E-state index < -0.39 is 10.2 Å². The summed E-state index contributed by atoms with van der Waals surface area (Å²) in [5.41, 5.74) is -0.255. The molecule has 0 spiro atoms. The third-order valence-electron chi connectivity index (χ3n) is 3.39. The molecule has 0 amide bonds. The van der Waals surface area contributed by atoms with Gasteiger partial charge in [-0.05, 0) is 19.4 Å². The van der Waals surface area contributed by atoms with Gasteiger partial charge in [0.1, 0.15) is 0 Å². The largest absolute Gasteiger partial charge is 0.383 e. The molecule has 116 valence electrons. The molecular weight excluding hydrogens is 290 g/mol. The molecule has 0 saturated carbocycles. The molecule has 1 unspecified atom stereocenters. The van der Waals surface area contributed by atoms with E-state index in [1.54, 1.807) is 7.11 Å². The Morgan fingerprint density at radius 1 is 1.37 bits per heavy atom. The summed E-state index contributed by atoms with van der Waals surface area (Å²) in [6.45, 7) is 6.44. The summed E-state index contributed by atoms with van der Waals surface area (Å²) in [6, 6.07) is 0. The quantitative estimate of drug-likeness (QED) is 0.678. The number of halogens is 1. The Morgan fingerprint density at radius 3 is 2.42 bits per heavy atom. The van der Waals surface area contributed by atoms with Crippen LogP contribution in [0.25, 0.3) is 0 Å². The van der Waals surface area contributed by atoms with Crippen molar-refractivity contribution in [1.82, 2.24) is 14.3 Å². The lowest BCUT2D eigenvalue weighted by Gasteiger charge is -2.30. The fraction of sp³-hybridized carbons (Fsp3) is 1.00. The maximum atomic E-state index is 12.0. The molecule has 8 heteroatoms. The molecule has 0 radical (unpaired) electrons. The zero-order valence-corrected chi connectivity index (χ0v) is 13.6. The Hall–Kier alpha value is 0.0800.